The van der Waals surface area contributed by atoms with Crippen LogP contribution in [0.2, 0.25) is 0 Å². The Labute approximate surface area is 226 Å². The molecule has 1 saturated heterocycles. The number of rotatable bonds is 13. The molecule has 0 bridgehead atoms. The average Bonchev–Trinajstić information content (AvgIpc) is 3.40. The first kappa shape index (κ1) is 29.7. The molecule has 2 N–H and O–H groups in total. The second-order valence-corrected chi connectivity index (χ2v) is 9.27. The van der Waals surface area contributed by atoms with Crippen LogP contribution in [0.3, 0.4) is 0 Å². The quantitative estimate of drug-likeness (QED) is 0.215. The van der Waals surface area contributed by atoms with Gasteiger partial charge in [-0.3, -0.25) is 20.2 Å². The first-order valence-electron chi connectivity index (χ1n) is 12.8. The number of hydrogen-bond acceptors (Lipinski definition) is 9. The summed E-state index contributed by atoms with van der Waals surface area (Å²) in [4.78, 5) is 38.1. The zero-order valence-corrected chi connectivity index (χ0v) is 22.4. The Balaban J connectivity index is 1.79. The SMILES string of the molecule is COc1cc(C(=O)N2CCC[C@H]2CO)c(NC(=O)OCc2ccc([N+](=O)[O-])cc2)cc1OCCCOC(C)C. The summed E-state index contributed by atoms with van der Waals surface area (Å²) in [6.07, 6.45) is 1.33. The van der Waals surface area contributed by atoms with E-state index in [0.29, 0.717) is 49.7 Å². The molecule has 2 amide bonds. The maximum atomic E-state index is 13.5. The number of hydrogen-bond donors (Lipinski definition) is 2. The van der Waals surface area contributed by atoms with Crippen molar-refractivity contribution in [1.29, 1.82) is 0 Å². The second-order valence-electron chi connectivity index (χ2n) is 9.27. The minimum Gasteiger partial charge on any atom is -0.493 e. The highest BCUT2D eigenvalue weighted by Crippen LogP contribution is 2.35. The molecule has 12 nitrogen and oxygen atoms in total. The van der Waals surface area contributed by atoms with Crippen molar-refractivity contribution < 1.29 is 38.6 Å². The lowest BCUT2D eigenvalue weighted by atomic mass is 10.1. The highest BCUT2D eigenvalue weighted by atomic mass is 16.6. The summed E-state index contributed by atoms with van der Waals surface area (Å²) >= 11 is 0. The van der Waals surface area contributed by atoms with Gasteiger partial charge in [-0.25, -0.2) is 4.79 Å². The summed E-state index contributed by atoms with van der Waals surface area (Å²) in [6, 6.07) is 8.31. The Kier molecular flexibility index (Phi) is 10.9. The van der Waals surface area contributed by atoms with Gasteiger partial charge in [0.15, 0.2) is 11.5 Å². The Morgan fingerprint density at radius 1 is 1.18 bits per heavy atom. The molecule has 2 aromatic rings. The van der Waals surface area contributed by atoms with Gasteiger partial charge in [-0.1, -0.05) is 0 Å². The number of benzene rings is 2. The van der Waals surface area contributed by atoms with E-state index < -0.39 is 11.0 Å². The molecule has 1 atom stereocenters. The van der Waals surface area contributed by atoms with Crippen LogP contribution in [0.25, 0.3) is 0 Å². The van der Waals surface area contributed by atoms with E-state index in [-0.39, 0.29) is 48.2 Å². The van der Waals surface area contributed by atoms with Crippen molar-refractivity contribution in [1.82, 2.24) is 4.90 Å². The van der Waals surface area contributed by atoms with Gasteiger partial charge in [-0.05, 0) is 50.5 Å². The van der Waals surface area contributed by atoms with Crippen LogP contribution in [0.5, 0.6) is 11.5 Å². The molecular weight excluding hydrogens is 510 g/mol. The number of nitro benzene ring substituents is 1. The molecule has 39 heavy (non-hydrogen) atoms. The molecule has 0 unspecified atom stereocenters. The first-order chi connectivity index (χ1) is 18.7. The molecule has 212 valence electrons. The van der Waals surface area contributed by atoms with E-state index in [4.69, 9.17) is 18.9 Å². The van der Waals surface area contributed by atoms with Gasteiger partial charge < -0.3 is 29.0 Å². The number of aliphatic hydroxyl groups excluding tert-OH is 1. The fourth-order valence-electron chi connectivity index (χ4n) is 4.13. The molecule has 0 spiro atoms. The number of likely N-dealkylation sites (tertiary alicyclic amines) is 1. The second kappa shape index (κ2) is 14.3. The predicted molar refractivity (Wildman–Crippen MR) is 142 cm³/mol. The van der Waals surface area contributed by atoms with Crippen molar-refractivity contribution in [3.8, 4) is 11.5 Å². The summed E-state index contributed by atoms with van der Waals surface area (Å²) in [5.41, 5.74) is 0.801. The molecule has 1 heterocycles. The topological polar surface area (TPSA) is 150 Å². The number of carbonyl (C=O) groups is 2. The third-order valence-electron chi connectivity index (χ3n) is 6.13. The van der Waals surface area contributed by atoms with Gasteiger partial charge in [-0.2, -0.15) is 0 Å². The van der Waals surface area contributed by atoms with Crippen LogP contribution in [-0.2, 0) is 16.1 Å². The number of anilines is 1. The smallest absolute Gasteiger partial charge is 0.411 e. The van der Waals surface area contributed by atoms with E-state index in [1.807, 2.05) is 13.8 Å². The molecule has 1 fully saturated rings. The number of nitrogens with one attached hydrogen (secondary N) is 1. The van der Waals surface area contributed by atoms with Gasteiger partial charge in [0.1, 0.15) is 6.61 Å². The van der Waals surface area contributed by atoms with Crippen LogP contribution in [0.4, 0.5) is 16.2 Å². The lowest BCUT2D eigenvalue weighted by Crippen LogP contribution is -2.38. The predicted octanol–water partition coefficient (Wildman–Crippen LogP) is 4.14. The maximum Gasteiger partial charge on any atom is 0.411 e. The number of nitro groups is 1. The maximum absolute atomic E-state index is 13.5. The number of non-ortho nitro benzene ring substituents is 1. The van der Waals surface area contributed by atoms with Gasteiger partial charge in [-0.15, -0.1) is 0 Å². The summed E-state index contributed by atoms with van der Waals surface area (Å²) in [7, 11) is 1.45. The normalized spacial score (nSPS) is 14.8. The number of ether oxygens (including phenoxy) is 4. The Hall–Kier alpha value is -3.90. The van der Waals surface area contributed by atoms with Gasteiger partial charge >= 0.3 is 6.09 Å². The van der Waals surface area contributed by atoms with Crippen LogP contribution in [0.15, 0.2) is 36.4 Å². The molecule has 0 aliphatic carbocycles. The van der Waals surface area contributed by atoms with Gasteiger partial charge in [0.25, 0.3) is 11.6 Å². The minimum absolute atomic E-state index is 0.0732. The monoisotopic (exact) mass is 545 g/mol. The van der Waals surface area contributed by atoms with Crippen molar-refractivity contribution in [2.45, 2.75) is 51.9 Å². The molecule has 2 aromatic carbocycles. The molecule has 12 heteroatoms. The van der Waals surface area contributed by atoms with Crippen molar-refractivity contribution >= 4 is 23.4 Å². The van der Waals surface area contributed by atoms with Crippen LogP contribution in [0.1, 0.15) is 49.0 Å². The van der Waals surface area contributed by atoms with E-state index in [9.17, 15) is 24.8 Å². The van der Waals surface area contributed by atoms with Gasteiger partial charge in [0.2, 0.25) is 0 Å². The number of methoxy groups -OCH3 is 1. The van der Waals surface area contributed by atoms with Crippen LogP contribution < -0.4 is 14.8 Å². The highest BCUT2D eigenvalue weighted by Gasteiger charge is 2.31. The van der Waals surface area contributed by atoms with Gasteiger partial charge in [0.05, 0.1) is 55.3 Å². The lowest BCUT2D eigenvalue weighted by Gasteiger charge is -2.25. The largest absolute Gasteiger partial charge is 0.493 e. The number of amides is 2. The minimum atomic E-state index is -0.830. The standard InChI is InChI=1S/C27H35N3O9/c1-18(2)37-12-5-13-38-25-15-23(28-27(33)39-17-19-7-9-20(10-8-19)30(34)35)22(14-24(25)36-3)26(32)29-11-4-6-21(29)16-31/h7-10,14-15,18,21,31H,4-6,11-13,16-17H2,1-3H3,(H,28,33)/t21-/m0/s1. The molecule has 1 aliphatic heterocycles. The Morgan fingerprint density at radius 2 is 1.92 bits per heavy atom. The molecule has 0 radical (unpaired) electrons. The summed E-state index contributed by atoms with van der Waals surface area (Å²) < 4.78 is 22.2. The van der Waals surface area contributed by atoms with Crippen molar-refractivity contribution in [2.75, 3.05) is 38.8 Å². The van der Waals surface area contributed by atoms with E-state index in [1.54, 1.807) is 4.90 Å². The average molecular weight is 546 g/mol. The van der Waals surface area contributed by atoms with Crippen LogP contribution in [0, 0.1) is 10.1 Å². The van der Waals surface area contributed by atoms with E-state index in [2.05, 4.69) is 5.32 Å². The molecule has 1 aliphatic rings. The van der Waals surface area contributed by atoms with E-state index >= 15 is 0 Å². The van der Waals surface area contributed by atoms with Gasteiger partial charge in [0, 0.05) is 31.2 Å². The highest BCUT2D eigenvalue weighted by molar-refractivity contribution is 6.03. The van der Waals surface area contributed by atoms with Crippen molar-refractivity contribution in [3.05, 3.63) is 57.6 Å². The number of nitrogens with zero attached hydrogens (tertiary/aromatic N) is 2. The van der Waals surface area contributed by atoms with Crippen molar-refractivity contribution in [2.24, 2.45) is 0 Å². The van der Waals surface area contributed by atoms with E-state index in [0.717, 1.165) is 6.42 Å². The summed E-state index contributed by atoms with van der Waals surface area (Å²) in [6.45, 7) is 4.89. The Morgan fingerprint density at radius 3 is 2.56 bits per heavy atom. The van der Waals surface area contributed by atoms with Crippen LogP contribution >= 0.6 is 0 Å². The zero-order valence-electron chi connectivity index (χ0n) is 22.4. The third kappa shape index (κ3) is 8.29. The molecule has 0 aromatic heterocycles. The molecule has 3 rings (SSSR count). The molecule has 0 saturated carbocycles. The number of carbonyl (C=O) groups excluding carboxylic acids is 2. The van der Waals surface area contributed by atoms with Crippen molar-refractivity contribution in [3.63, 3.8) is 0 Å². The zero-order chi connectivity index (χ0) is 28.4. The third-order valence-corrected chi connectivity index (χ3v) is 6.13. The van der Waals surface area contributed by atoms with Crippen LogP contribution in [-0.4, -0.2) is 72.6 Å². The fourth-order valence-corrected chi connectivity index (χ4v) is 4.13. The molecular formula is C27H35N3O9. The fraction of sp³-hybridized carbons (Fsp3) is 0.481. The summed E-state index contributed by atoms with van der Waals surface area (Å²) in [5.74, 6) is 0.268. The van der Waals surface area contributed by atoms with E-state index in [1.165, 1.54) is 43.5 Å². The first-order valence-corrected chi connectivity index (χ1v) is 12.8. The summed E-state index contributed by atoms with van der Waals surface area (Å²) in [5, 5.41) is 23.2. The Bertz CT molecular complexity index is 1140. The lowest BCUT2D eigenvalue weighted by molar-refractivity contribution is -0.384. The number of aliphatic hydroxyl groups is 1.